The van der Waals surface area contributed by atoms with Crippen molar-refractivity contribution in [2.24, 2.45) is 22.9 Å². The number of hydrogen-bond donors (Lipinski definition) is 2. The monoisotopic (exact) mass is 716 g/mol. The third-order valence-electron chi connectivity index (χ3n) is 12.5. The highest BCUT2D eigenvalue weighted by Crippen LogP contribution is 2.50. The van der Waals surface area contributed by atoms with Gasteiger partial charge in [-0.1, -0.05) is 44.9 Å². The molecule has 2 aromatic rings. The van der Waals surface area contributed by atoms with E-state index < -0.39 is 29.6 Å². The third-order valence-corrected chi connectivity index (χ3v) is 18.5. The molecule has 0 unspecified atom stereocenters. The molecule has 8 nitrogen and oxygen atoms in total. The van der Waals surface area contributed by atoms with Crippen LogP contribution in [0, 0.1) is 17.8 Å². The van der Waals surface area contributed by atoms with Crippen LogP contribution in [0.4, 0.5) is 5.69 Å². The van der Waals surface area contributed by atoms with E-state index in [4.69, 9.17) is 25.9 Å². The second-order valence-electron chi connectivity index (χ2n) is 16.6. The largest absolute Gasteiger partial charge is 0.490 e. The number of ether oxygens (including phenoxy) is 1. The quantitative estimate of drug-likeness (QED) is 0.268. The molecule has 2 saturated carbocycles. The Morgan fingerprint density at radius 2 is 1.92 bits per heavy atom. The number of aromatic carboxylic acids is 1. The number of carbonyl (C=O) groups is 1. The summed E-state index contributed by atoms with van der Waals surface area (Å²) in [6.07, 6.45) is 7.94. The Hall–Kier alpha value is -2.11. The van der Waals surface area contributed by atoms with Crippen LogP contribution in [-0.4, -0.2) is 58.9 Å². The fourth-order valence-corrected chi connectivity index (χ4v) is 11.2. The fourth-order valence-electron chi connectivity index (χ4n) is 8.61. The van der Waals surface area contributed by atoms with Crippen LogP contribution in [0.2, 0.25) is 23.2 Å². The maximum atomic E-state index is 12.5. The van der Waals surface area contributed by atoms with E-state index in [0.717, 1.165) is 62.2 Å². The molecule has 0 aromatic heterocycles. The van der Waals surface area contributed by atoms with Gasteiger partial charge in [0.2, 0.25) is 10.0 Å². The van der Waals surface area contributed by atoms with E-state index >= 15 is 0 Å². The molecule has 264 valence electrons. The first-order chi connectivity index (χ1) is 22.5. The maximum absolute atomic E-state index is 12.5. The molecule has 0 amide bonds. The average Bonchev–Trinajstić information content (AvgIpc) is 3.14. The van der Waals surface area contributed by atoms with Crippen molar-refractivity contribution in [2.75, 3.05) is 24.6 Å². The van der Waals surface area contributed by atoms with Crippen molar-refractivity contribution in [1.82, 2.24) is 0 Å². The van der Waals surface area contributed by atoms with Gasteiger partial charge in [0.25, 0.3) is 0 Å². The number of anilines is 1. The van der Waals surface area contributed by atoms with E-state index in [-0.39, 0.29) is 34.0 Å². The second kappa shape index (κ2) is 13.2. The summed E-state index contributed by atoms with van der Waals surface area (Å²) in [4.78, 5) is 14.5. The number of sulfonamides is 1. The lowest BCUT2D eigenvalue weighted by molar-refractivity contribution is -0.0227. The first-order valence-electron chi connectivity index (χ1n) is 17.7. The summed E-state index contributed by atoms with van der Waals surface area (Å²) in [5.41, 5.74) is 3.35. The summed E-state index contributed by atoms with van der Waals surface area (Å²) in [5.74, 6) is 0.460. The van der Waals surface area contributed by atoms with Gasteiger partial charge in [-0.15, -0.1) is 0 Å². The van der Waals surface area contributed by atoms with E-state index in [1.165, 1.54) is 11.1 Å². The van der Waals surface area contributed by atoms with E-state index in [1.807, 2.05) is 12.1 Å². The average molecular weight is 717 g/mol. The van der Waals surface area contributed by atoms with Gasteiger partial charge in [-0.2, -0.15) is 0 Å². The summed E-state index contributed by atoms with van der Waals surface area (Å²) in [6.45, 7) is 13.3. The molecule has 2 fully saturated rings. The second-order valence-corrected chi connectivity index (χ2v) is 23.6. The molecule has 1 spiro atoms. The Morgan fingerprint density at radius 3 is 2.58 bits per heavy atom. The van der Waals surface area contributed by atoms with Gasteiger partial charge in [0.05, 0.1) is 29.2 Å². The van der Waals surface area contributed by atoms with Crippen LogP contribution in [0.1, 0.15) is 93.6 Å². The maximum Gasteiger partial charge on any atom is 0.335 e. The highest BCUT2D eigenvalue weighted by molar-refractivity contribution is 7.89. The number of rotatable bonds is 8. The number of fused-ring (bicyclic) bond motifs is 3. The number of hydrogen-bond acceptors (Lipinski definition) is 6. The Morgan fingerprint density at radius 1 is 1.15 bits per heavy atom. The Labute approximate surface area is 292 Å². The van der Waals surface area contributed by atoms with Gasteiger partial charge in [0.1, 0.15) is 5.75 Å². The van der Waals surface area contributed by atoms with E-state index in [0.29, 0.717) is 37.7 Å². The van der Waals surface area contributed by atoms with Crippen molar-refractivity contribution in [2.45, 2.75) is 113 Å². The van der Waals surface area contributed by atoms with Crippen molar-refractivity contribution < 1.29 is 27.5 Å². The van der Waals surface area contributed by atoms with E-state index in [9.17, 15) is 18.3 Å². The van der Waals surface area contributed by atoms with Crippen LogP contribution in [0.5, 0.6) is 5.75 Å². The van der Waals surface area contributed by atoms with Crippen molar-refractivity contribution in [3.05, 3.63) is 58.1 Å². The molecule has 1 aliphatic heterocycles. The molecule has 0 saturated heterocycles. The molecule has 4 aliphatic rings. The lowest BCUT2D eigenvalue weighted by atomic mass is 9.65. The SMILES string of the molecule is CC(C)(C)[Si](C)(C)O[C@H]([C@@H]1CCC[C@@H](S(N)(=O)=O)C1)[C@@H]1CC[C@H]1CN1C[C@@]2(CCCc3cc(Cl)ccc32)COc2ccc(C(=O)O)cc21. The number of carboxylic acids is 1. The Balaban J connectivity index is 1.35. The molecular formula is C37H53ClN2O6SSi. The fraction of sp³-hybridized carbons (Fsp3) is 0.649. The van der Waals surface area contributed by atoms with Gasteiger partial charge < -0.3 is 19.2 Å². The van der Waals surface area contributed by atoms with Crippen LogP contribution in [0.25, 0.3) is 0 Å². The number of nitrogens with zero attached hydrogens (tertiary/aromatic N) is 1. The number of nitrogens with two attached hydrogens (primary N) is 1. The van der Waals surface area contributed by atoms with Crippen LogP contribution in [0.3, 0.4) is 0 Å². The summed E-state index contributed by atoms with van der Waals surface area (Å²) in [7, 11) is -5.83. The van der Waals surface area contributed by atoms with Gasteiger partial charge in [0.15, 0.2) is 8.32 Å². The summed E-state index contributed by atoms with van der Waals surface area (Å²) >= 11 is 6.45. The first-order valence-corrected chi connectivity index (χ1v) is 22.6. The minimum absolute atomic E-state index is 0.0104. The Bertz CT molecular complexity index is 1640. The van der Waals surface area contributed by atoms with Gasteiger partial charge in [-0.3, -0.25) is 0 Å². The first kappa shape index (κ1) is 35.7. The predicted octanol–water partition coefficient (Wildman–Crippen LogP) is 7.78. The molecule has 6 atom stereocenters. The zero-order valence-corrected chi connectivity index (χ0v) is 31.7. The molecular weight excluding hydrogens is 664 g/mol. The van der Waals surface area contributed by atoms with Gasteiger partial charge in [0, 0.05) is 23.5 Å². The summed E-state index contributed by atoms with van der Waals surface area (Å²) < 4.78 is 39.0. The molecule has 2 aromatic carbocycles. The minimum atomic E-state index is -3.63. The van der Waals surface area contributed by atoms with Crippen molar-refractivity contribution in [3.8, 4) is 5.75 Å². The van der Waals surface area contributed by atoms with Crippen molar-refractivity contribution >= 4 is 41.6 Å². The highest BCUT2D eigenvalue weighted by Gasteiger charge is 2.50. The highest BCUT2D eigenvalue weighted by atomic mass is 35.5. The summed E-state index contributed by atoms with van der Waals surface area (Å²) in [6, 6.07) is 11.4. The zero-order valence-electron chi connectivity index (χ0n) is 29.1. The van der Waals surface area contributed by atoms with E-state index in [1.54, 1.807) is 12.1 Å². The van der Waals surface area contributed by atoms with Crippen LogP contribution >= 0.6 is 11.6 Å². The van der Waals surface area contributed by atoms with Gasteiger partial charge >= 0.3 is 5.97 Å². The topological polar surface area (TPSA) is 119 Å². The molecule has 0 bridgehead atoms. The van der Waals surface area contributed by atoms with Crippen LogP contribution in [-0.2, 0) is 26.3 Å². The zero-order chi connectivity index (χ0) is 34.6. The third kappa shape index (κ3) is 7.07. The number of primary sulfonamides is 1. The minimum Gasteiger partial charge on any atom is -0.490 e. The standard InChI is InChI=1S/C37H53ClN2O6SSi/c1-36(2,3)48(4,5)46-34(25-8-6-10-29(19-25)47(39,43)44)30-14-11-27(30)21-40-22-37(17-7-9-24-18-28(38)13-15-31(24)37)23-45-33-16-12-26(35(41)42)20-32(33)40/h12-13,15-16,18,20,25,27,29-30,34H,6-11,14,17,19,21-23H2,1-5H3,(H,41,42)(H2,39,43,44)/t25-,27+,29-,30-,34-,37+/m1/s1. The normalized spacial score (nSPS) is 28.4. The lowest BCUT2D eigenvalue weighted by Crippen LogP contribution is -2.55. The number of aryl methyl sites for hydroxylation is 1. The predicted molar refractivity (Wildman–Crippen MR) is 194 cm³/mol. The number of halogens is 1. The van der Waals surface area contributed by atoms with Crippen molar-refractivity contribution in [3.63, 3.8) is 0 Å². The van der Waals surface area contributed by atoms with Gasteiger partial charge in [-0.25, -0.2) is 18.4 Å². The smallest absolute Gasteiger partial charge is 0.335 e. The molecule has 3 aliphatic carbocycles. The molecule has 6 rings (SSSR count). The van der Waals surface area contributed by atoms with Gasteiger partial charge in [-0.05, 0) is 129 Å². The number of carboxylic acid groups (broad SMARTS) is 1. The molecule has 3 N–H and O–H groups in total. The lowest BCUT2D eigenvalue weighted by Gasteiger charge is -2.52. The van der Waals surface area contributed by atoms with Crippen LogP contribution in [0.15, 0.2) is 36.4 Å². The molecule has 1 heterocycles. The molecule has 48 heavy (non-hydrogen) atoms. The number of benzene rings is 2. The molecule has 0 radical (unpaired) electrons. The Kier molecular flexibility index (Phi) is 9.83. The summed E-state index contributed by atoms with van der Waals surface area (Å²) in [5, 5.41) is 15.9. The van der Waals surface area contributed by atoms with Crippen molar-refractivity contribution in [1.29, 1.82) is 0 Å². The van der Waals surface area contributed by atoms with E-state index in [2.05, 4.69) is 50.9 Å². The molecule has 11 heteroatoms. The van der Waals surface area contributed by atoms with Crippen LogP contribution < -0.4 is 14.8 Å².